The van der Waals surface area contributed by atoms with Gasteiger partial charge < -0.3 is 39.7 Å². The fraction of sp³-hybridized carbons (Fsp3) is 0.524. The summed E-state index contributed by atoms with van der Waals surface area (Å²) in [7, 11) is 2.09. The maximum atomic E-state index is 12.5. The molecule has 0 saturated carbocycles. The van der Waals surface area contributed by atoms with E-state index in [-0.39, 0.29) is 24.2 Å². The molecule has 1 aromatic rings. The molecular formula is C21H28N4O6S. The number of carbonyl (C=O) groups excluding carboxylic acids is 1. The van der Waals surface area contributed by atoms with E-state index < -0.39 is 35.8 Å². The van der Waals surface area contributed by atoms with Crippen molar-refractivity contribution < 1.29 is 29.4 Å². The summed E-state index contributed by atoms with van der Waals surface area (Å²) in [4.78, 5) is 17.0. The molecule has 2 aliphatic rings. The molecule has 2 aliphatic heterocycles. The third kappa shape index (κ3) is 5.79. The lowest BCUT2D eigenvalue weighted by molar-refractivity contribution is -0.197. The van der Waals surface area contributed by atoms with Gasteiger partial charge in [0.15, 0.2) is 5.44 Å². The number of anilines is 1. The first-order chi connectivity index (χ1) is 15.3. The van der Waals surface area contributed by atoms with E-state index in [1.54, 1.807) is 0 Å². The van der Waals surface area contributed by atoms with Gasteiger partial charge in [-0.15, -0.1) is 0 Å². The molecule has 0 aromatic heterocycles. The molecule has 0 aliphatic carbocycles. The number of rotatable bonds is 6. The number of amides is 1. The van der Waals surface area contributed by atoms with E-state index in [0.29, 0.717) is 5.56 Å². The fourth-order valence-electron chi connectivity index (χ4n) is 3.62. The summed E-state index contributed by atoms with van der Waals surface area (Å²) in [6, 6.07) is 9.45. The predicted octanol–water partition coefficient (Wildman–Crippen LogP) is -0.525. The van der Waals surface area contributed by atoms with Crippen LogP contribution in [-0.4, -0.2) is 100 Å². The molecule has 2 saturated heterocycles. The van der Waals surface area contributed by atoms with Crippen LogP contribution in [0, 0.1) is 11.3 Å². The number of nitriles is 1. The molecule has 0 bridgehead atoms. The van der Waals surface area contributed by atoms with Crippen LogP contribution in [0.3, 0.4) is 0 Å². The van der Waals surface area contributed by atoms with E-state index in [1.807, 2.05) is 30.3 Å². The lowest BCUT2D eigenvalue weighted by Gasteiger charge is -2.39. The Bertz CT molecular complexity index is 851. The van der Waals surface area contributed by atoms with E-state index in [1.165, 1.54) is 6.08 Å². The number of benzene rings is 1. The topological polar surface area (TPSA) is 150 Å². The molecule has 0 radical (unpaired) electrons. The van der Waals surface area contributed by atoms with Gasteiger partial charge in [-0.3, -0.25) is 4.79 Å². The number of piperazine rings is 1. The van der Waals surface area contributed by atoms with E-state index in [9.17, 15) is 25.4 Å². The van der Waals surface area contributed by atoms with Crippen LogP contribution in [0.1, 0.15) is 5.56 Å². The SMILES string of the molecule is CN1CCN(c2ccc(/C=C(\C#N)C(=O)NC[C@H]3OC(SO)[C@H](O)[C@@H](O)[C@@H]3O)cc2)CC1. The van der Waals surface area contributed by atoms with Crippen LogP contribution in [0.5, 0.6) is 0 Å². The molecule has 2 heterocycles. The number of nitrogens with one attached hydrogen (secondary N) is 1. The number of nitrogens with zero attached hydrogens (tertiary/aromatic N) is 3. The zero-order valence-electron chi connectivity index (χ0n) is 17.7. The summed E-state index contributed by atoms with van der Waals surface area (Å²) in [5, 5.41) is 41.6. The van der Waals surface area contributed by atoms with Crippen LogP contribution in [0.2, 0.25) is 0 Å². The second-order valence-corrected chi connectivity index (χ2v) is 8.56. The van der Waals surface area contributed by atoms with Crippen molar-refractivity contribution in [1.29, 1.82) is 5.26 Å². The molecule has 1 unspecified atom stereocenters. The first kappa shape index (κ1) is 24.5. The summed E-state index contributed by atoms with van der Waals surface area (Å²) in [6.45, 7) is 3.64. The van der Waals surface area contributed by atoms with E-state index in [0.717, 1.165) is 31.9 Å². The van der Waals surface area contributed by atoms with Crippen LogP contribution in [0.25, 0.3) is 6.08 Å². The molecule has 10 nitrogen and oxygen atoms in total. The van der Waals surface area contributed by atoms with Gasteiger partial charge in [0, 0.05) is 50.5 Å². The summed E-state index contributed by atoms with van der Waals surface area (Å²) < 4.78 is 14.5. The van der Waals surface area contributed by atoms with Gasteiger partial charge in [0.2, 0.25) is 0 Å². The Kier molecular flexibility index (Phi) is 8.50. The summed E-state index contributed by atoms with van der Waals surface area (Å²) in [5.41, 5.74) is 0.480. The zero-order chi connectivity index (χ0) is 23.3. The number of hydrogen-bond donors (Lipinski definition) is 5. The van der Waals surface area contributed by atoms with Gasteiger partial charge in [0.1, 0.15) is 36.1 Å². The first-order valence-electron chi connectivity index (χ1n) is 10.3. The number of aliphatic hydroxyl groups excluding tert-OH is 3. The first-order valence-corrected chi connectivity index (χ1v) is 11.1. The Morgan fingerprint density at radius 1 is 1.19 bits per heavy atom. The van der Waals surface area contributed by atoms with E-state index >= 15 is 0 Å². The molecule has 5 atom stereocenters. The van der Waals surface area contributed by atoms with Gasteiger partial charge in [0.25, 0.3) is 5.91 Å². The average Bonchev–Trinajstić information content (AvgIpc) is 2.81. The van der Waals surface area contributed by atoms with Crippen LogP contribution >= 0.6 is 12.0 Å². The Labute approximate surface area is 190 Å². The molecule has 3 rings (SSSR count). The third-order valence-electron chi connectivity index (χ3n) is 5.67. The predicted molar refractivity (Wildman–Crippen MR) is 120 cm³/mol. The number of ether oxygens (including phenoxy) is 1. The highest BCUT2D eigenvalue weighted by molar-refractivity contribution is 7.94. The van der Waals surface area contributed by atoms with Crippen molar-refractivity contribution in [2.24, 2.45) is 0 Å². The number of hydrogen-bond acceptors (Lipinski definition) is 10. The molecule has 0 spiro atoms. The number of carbonyl (C=O) groups is 1. The molecule has 174 valence electrons. The molecule has 32 heavy (non-hydrogen) atoms. The van der Waals surface area contributed by atoms with Gasteiger partial charge in [-0.2, -0.15) is 5.26 Å². The molecule has 11 heteroatoms. The average molecular weight is 465 g/mol. The van der Waals surface area contributed by atoms with E-state index in [4.69, 9.17) is 9.29 Å². The minimum Gasteiger partial charge on any atom is -0.388 e. The van der Waals surface area contributed by atoms with Gasteiger partial charge in [-0.25, -0.2) is 0 Å². The highest BCUT2D eigenvalue weighted by Gasteiger charge is 2.44. The number of likely N-dealkylation sites (N-methyl/N-ethyl adjacent to an activating group) is 1. The largest absolute Gasteiger partial charge is 0.388 e. The molecule has 2 fully saturated rings. The molecular weight excluding hydrogens is 436 g/mol. The lowest BCUT2D eigenvalue weighted by Crippen LogP contribution is -2.59. The van der Waals surface area contributed by atoms with Crippen molar-refractivity contribution in [3.8, 4) is 6.07 Å². The Morgan fingerprint density at radius 2 is 1.84 bits per heavy atom. The number of aliphatic hydroxyl groups is 3. The van der Waals surface area contributed by atoms with Crippen LogP contribution in [0.15, 0.2) is 29.8 Å². The summed E-state index contributed by atoms with van der Waals surface area (Å²) >= 11 is 0.196. The van der Waals surface area contributed by atoms with E-state index in [2.05, 4.69) is 22.2 Å². The van der Waals surface area contributed by atoms with Crippen molar-refractivity contribution in [3.05, 3.63) is 35.4 Å². The minimum atomic E-state index is -1.54. The van der Waals surface area contributed by atoms with Gasteiger partial charge in [-0.05, 0) is 30.8 Å². The Morgan fingerprint density at radius 3 is 2.44 bits per heavy atom. The second kappa shape index (κ2) is 11.1. The zero-order valence-corrected chi connectivity index (χ0v) is 18.5. The molecule has 5 N–H and O–H groups in total. The smallest absolute Gasteiger partial charge is 0.262 e. The fourth-order valence-corrected chi connectivity index (χ4v) is 4.10. The van der Waals surface area contributed by atoms with Crippen molar-refractivity contribution >= 4 is 29.7 Å². The van der Waals surface area contributed by atoms with Gasteiger partial charge >= 0.3 is 0 Å². The third-order valence-corrected chi connectivity index (χ3v) is 6.27. The van der Waals surface area contributed by atoms with Crippen molar-refractivity contribution in [1.82, 2.24) is 10.2 Å². The lowest BCUT2D eigenvalue weighted by atomic mass is 10.00. The maximum absolute atomic E-state index is 12.5. The van der Waals surface area contributed by atoms with Crippen LogP contribution in [0.4, 0.5) is 5.69 Å². The highest BCUT2D eigenvalue weighted by atomic mass is 32.2. The quantitative estimate of drug-likeness (QED) is 0.211. The Hall–Kier alpha value is -2.17. The molecule has 1 aromatic carbocycles. The van der Waals surface area contributed by atoms with Gasteiger partial charge in [0.05, 0.1) is 0 Å². The summed E-state index contributed by atoms with van der Waals surface area (Å²) in [6.07, 6.45) is -4.09. The van der Waals surface area contributed by atoms with Crippen molar-refractivity contribution in [3.63, 3.8) is 0 Å². The highest BCUT2D eigenvalue weighted by Crippen LogP contribution is 2.26. The monoisotopic (exact) mass is 464 g/mol. The second-order valence-electron chi connectivity index (χ2n) is 7.88. The molecule has 1 amide bonds. The maximum Gasteiger partial charge on any atom is 0.262 e. The van der Waals surface area contributed by atoms with Crippen molar-refractivity contribution in [2.75, 3.05) is 44.7 Å². The van der Waals surface area contributed by atoms with Crippen molar-refractivity contribution in [2.45, 2.75) is 29.9 Å². The normalized spacial score (nSPS) is 29.4. The summed E-state index contributed by atoms with van der Waals surface area (Å²) in [5.74, 6) is -0.666. The minimum absolute atomic E-state index is 0.128. The Balaban J connectivity index is 1.60. The van der Waals surface area contributed by atoms with Crippen LogP contribution < -0.4 is 10.2 Å². The van der Waals surface area contributed by atoms with Gasteiger partial charge in [-0.1, -0.05) is 12.1 Å². The van der Waals surface area contributed by atoms with Crippen LogP contribution in [-0.2, 0) is 9.53 Å². The standard InChI is InChI=1S/C21H28N4O6S/c1-24-6-8-25(9-7-24)15-4-2-13(3-5-15)10-14(11-22)20(29)23-12-16-17(26)18(27)19(28)21(31-16)32-30/h2-5,10,16-19,21,26-28,30H,6-9,12H2,1H3,(H,23,29)/b14-10+/t16-,17-,18+,19-,21?/m1/s1.